The van der Waals surface area contributed by atoms with Gasteiger partial charge in [0.2, 0.25) is 0 Å². The number of carboxylic acid groups (broad SMARTS) is 1. The van der Waals surface area contributed by atoms with E-state index in [9.17, 15) is 4.79 Å². The number of hydrogen-bond donors (Lipinski definition) is 1. The number of aliphatic carboxylic acids is 1. The number of rotatable bonds is 2. The highest BCUT2D eigenvalue weighted by Crippen LogP contribution is 2.27. The lowest BCUT2D eigenvalue weighted by atomic mass is 10.2. The molecule has 0 aliphatic carbocycles. The van der Waals surface area contributed by atoms with Crippen molar-refractivity contribution in [2.75, 3.05) is 0 Å². The molecule has 0 bridgehead atoms. The highest BCUT2D eigenvalue weighted by molar-refractivity contribution is 6.35. The molecule has 2 rings (SSSR count). The monoisotopic (exact) mass is 223 g/mol. The fraction of sp³-hybridized carbons (Fsp3) is 0.182. The van der Waals surface area contributed by atoms with E-state index < -0.39 is 5.97 Å². The molecule has 2 heterocycles. The van der Waals surface area contributed by atoms with Gasteiger partial charge in [-0.05, 0) is 24.6 Å². The second-order valence-corrected chi connectivity index (χ2v) is 3.79. The Bertz CT molecular complexity index is 531. The molecular weight excluding hydrogens is 214 g/mol. The van der Waals surface area contributed by atoms with Crippen molar-refractivity contribution in [1.29, 1.82) is 0 Å². The smallest absolute Gasteiger partial charge is 0.309 e. The van der Waals surface area contributed by atoms with Crippen molar-refractivity contribution in [1.82, 2.24) is 4.40 Å². The molecule has 3 nitrogen and oxygen atoms in total. The van der Waals surface area contributed by atoms with E-state index in [1.165, 1.54) is 0 Å². The molecule has 2 aromatic heterocycles. The molecule has 0 aliphatic heterocycles. The lowest BCUT2D eigenvalue weighted by Crippen LogP contribution is -2.04. The summed E-state index contributed by atoms with van der Waals surface area (Å²) in [7, 11) is 0. The average Bonchev–Trinajstić information content (AvgIpc) is 2.44. The van der Waals surface area contributed by atoms with Gasteiger partial charge >= 0.3 is 5.97 Å². The van der Waals surface area contributed by atoms with Gasteiger partial charge in [0.05, 0.1) is 17.0 Å². The van der Waals surface area contributed by atoms with E-state index in [1.54, 1.807) is 0 Å². The summed E-state index contributed by atoms with van der Waals surface area (Å²) in [4.78, 5) is 10.7. The highest BCUT2D eigenvalue weighted by atomic mass is 35.5. The van der Waals surface area contributed by atoms with Gasteiger partial charge in [-0.2, -0.15) is 0 Å². The SMILES string of the molecule is Cc1c(Cl)c2ccccn2c1CC(=O)O. The molecule has 0 atom stereocenters. The number of halogens is 1. The van der Waals surface area contributed by atoms with Crippen molar-refractivity contribution in [2.45, 2.75) is 13.3 Å². The van der Waals surface area contributed by atoms with Gasteiger partial charge in [0.15, 0.2) is 0 Å². The third-order valence-electron chi connectivity index (χ3n) is 2.46. The first-order valence-electron chi connectivity index (χ1n) is 4.57. The Hall–Kier alpha value is -1.48. The van der Waals surface area contributed by atoms with Crippen LogP contribution in [0, 0.1) is 6.92 Å². The number of fused-ring (bicyclic) bond motifs is 1. The van der Waals surface area contributed by atoms with Crippen molar-refractivity contribution in [3.8, 4) is 0 Å². The molecule has 2 aromatic rings. The largest absolute Gasteiger partial charge is 0.481 e. The maximum Gasteiger partial charge on any atom is 0.309 e. The van der Waals surface area contributed by atoms with Crippen molar-refractivity contribution < 1.29 is 9.90 Å². The van der Waals surface area contributed by atoms with E-state index in [0.717, 1.165) is 16.8 Å². The fourth-order valence-electron chi connectivity index (χ4n) is 1.72. The van der Waals surface area contributed by atoms with Crippen LogP contribution in [-0.4, -0.2) is 15.5 Å². The molecule has 0 fully saturated rings. The standard InChI is InChI=1S/C11H10ClNO2/c1-7-9(6-10(14)15)13-5-3-2-4-8(13)11(7)12/h2-5H,6H2,1H3,(H,14,15). The summed E-state index contributed by atoms with van der Waals surface area (Å²) in [6.45, 7) is 1.84. The Labute approximate surface area is 91.9 Å². The normalized spacial score (nSPS) is 10.8. The number of aromatic nitrogens is 1. The van der Waals surface area contributed by atoms with E-state index in [-0.39, 0.29) is 6.42 Å². The summed E-state index contributed by atoms with van der Waals surface area (Å²) >= 11 is 6.12. The number of nitrogens with zero attached hydrogens (tertiary/aromatic N) is 1. The van der Waals surface area contributed by atoms with E-state index in [4.69, 9.17) is 16.7 Å². The van der Waals surface area contributed by atoms with Gasteiger partial charge in [0.25, 0.3) is 0 Å². The summed E-state index contributed by atoms with van der Waals surface area (Å²) in [5.74, 6) is -0.849. The molecule has 78 valence electrons. The maximum atomic E-state index is 10.7. The fourth-order valence-corrected chi connectivity index (χ4v) is 1.98. The summed E-state index contributed by atoms with van der Waals surface area (Å²) in [5.41, 5.74) is 2.43. The number of carboxylic acids is 1. The van der Waals surface area contributed by atoms with Gasteiger partial charge in [-0.1, -0.05) is 17.7 Å². The van der Waals surface area contributed by atoms with Crippen LogP contribution in [-0.2, 0) is 11.2 Å². The summed E-state index contributed by atoms with van der Waals surface area (Å²) in [6.07, 6.45) is 1.82. The number of carbonyl (C=O) groups is 1. The first-order valence-corrected chi connectivity index (χ1v) is 4.95. The van der Waals surface area contributed by atoms with Crippen molar-refractivity contribution in [3.63, 3.8) is 0 Å². The van der Waals surface area contributed by atoms with Crippen molar-refractivity contribution in [3.05, 3.63) is 40.7 Å². The Morgan fingerprint density at radius 1 is 1.53 bits per heavy atom. The molecular formula is C11H10ClNO2. The Morgan fingerprint density at radius 2 is 2.27 bits per heavy atom. The van der Waals surface area contributed by atoms with Gasteiger partial charge in [0, 0.05) is 11.9 Å². The van der Waals surface area contributed by atoms with Gasteiger partial charge in [0.1, 0.15) is 0 Å². The lowest BCUT2D eigenvalue weighted by molar-refractivity contribution is -0.136. The topological polar surface area (TPSA) is 41.7 Å². The van der Waals surface area contributed by atoms with Gasteiger partial charge < -0.3 is 9.51 Å². The maximum absolute atomic E-state index is 10.7. The minimum atomic E-state index is -0.849. The second-order valence-electron chi connectivity index (χ2n) is 3.41. The highest BCUT2D eigenvalue weighted by Gasteiger charge is 2.14. The quantitative estimate of drug-likeness (QED) is 0.850. The van der Waals surface area contributed by atoms with Gasteiger partial charge in [-0.3, -0.25) is 4.79 Å². The Kier molecular flexibility index (Phi) is 2.40. The predicted molar refractivity (Wildman–Crippen MR) is 58.5 cm³/mol. The van der Waals surface area contributed by atoms with Crippen LogP contribution in [0.1, 0.15) is 11.3 Å². The molecule has 4 heteroatoms. The van der Waals surface area contributed by atoms with E-state index >= 15 is 0 Å². The zero-order chi connectivity index (χ0) is 11.0. The molecule has 1 N–H and O–H groups in total. The van der Waals surface area contributed by atoms with Crippen molar-refractivity contribution >= 4 is 23.1 Å². The van der Waals surface area contributed by atoms with Crippen LogP contribution in [0.3, 0.4) is 0 Å². The van der Waals surface area contributed by atoms with E-state index in [1.807, 2.05) is 35.7 Å². The number of pyridine rings is 1. The molecule has 0 saturated heterocycles. The van der Waals surface area contributed by atoms with Crippen LogP contribution >= 0.6 is 11.6 Å². The summed E-state index contributed by atoms with van der Waals surface area (Å²) in [5, 5.41) is 9.44. The molecule has 0 spiro atoms. The second kappa shape index (κ2) is 3.59. The van der Waals surface area contributed by atoms with Crippen LogP contribution in [0.4, 0.5) is 0 Å². The molecule has 0 radical (unpaired) electrons. The molecule has 0 amide bonds. The van der Waals surface area contributed by atoms with Crippen molar-refractivity contribution in [2.24, 2.45) is 0 Å². The number of hydrogen-bond acceptors (Lipinski definition) is 1. The zero-order valence-electron chi connectivity index (χ0n) is 8.20. The van der Waals surface area contributed by atoms with Crippen LogP contribution in [0.2, 0.25) is 5.02 Å². The molecule has 0 aromatic carbocycles. The Morgan fingerprint density at radius 3 is 2.93 bits per heavy atom. The molecule has 15 heavy (non-hydrogen) atoms. The predicted octanol–water partition coefficient (Wildman–Crippen LogP) is 2.53. The van der Waals surface area contributed by atoms with Crippen LogP contribution < -0.4 is 0 Å². The van der Waals surface area contributed by atoms with Gasteiger partial charge in [-0.15, -0.1) is 0 Å². The Balaban J connectivity index is 2.72. The molecule has 0 saturated carbocycles. The minimum Gasteiger partial charge on any atom is -0.481 e. The lowest BCUT2D eigenvalue weighted by Gasteiger charge is -2.00. The summed E-state index contributed by atoms with van der Waals surface area (Å²) in [6, 6.07) is 5.61. The summed E-state index contributed by atoms with van der Waals surface area (Å²) < 4.78 is 1.83. The van der Waals surface area contributed by atoms with E-state index in [2.05, 4.69) is 0 Å². The van der Waals surface area contributed by atoms with Crippen LogP contribution in [0.5, 0.6) is 0 Å². The van der Waals surface area contributed by atoms with Crippen LogP contribution in [0.25, 0.3) is 5.52 Å². The first kappa shape index (κ1) is 10.1. The molecule has 0 unspecified atom stereocenters. The minimum absolute atomic E-state index is 0.0102. The first-order chi connectivity index (χ1) is 7.11. The zero-order valence-corrected chi connectivity index (χ0v) is 8.95. The van der Waals surface area contributed by atoms with E-state index in [0.29, 0.717) is 5.02 Å². The molecule has 0 aliphatic rings. The van der Waals surface area contributed by atoms with Crippen LogP contribution in [0.15, 0.2) is 24.4 Å². The third kappa shape index (κ3) is 1.59. The third-order valence-corrected chi connectivity index (χ3v) is 2.93. The average molecular weight is 224 g/mol. The van der Waals surface area contributed by atoms with Gasteiger partial charge in [-0.25, -0.2) is 0 Å².